The summed E-state index contributed by atoms with van der Waals surface area (Å²) < 4.78 is 52.0. The zero-order valence-electron chi connectivity index (χ0n) is 21.8. The Kier molecular flexibility index (Phi) is 5.77. The minimum absolute atomic E-state index is 0.0831. The molecule has 1 aliphatic heterocycles. The first kappa shape index (κ1) is 25.5. The molecule has 12 heteroatoms. The minimum atomic E-state index is -4.61. The average molecular weight is 564 g/mol. The number of pyridine rings is 3. The lowest BCUT2D eigenvalue weighted by Gasteiger charge is -2.21. The monoisotopic (exact) mass is 563 g/mol. The number of halogens is 3. The Labute approximate surface area is 231 Å². The van der Waals surface area contributed by atoms with Crippen molar-refractivity contribution in [1.29, 1.82) is 0 Å². The van der Waals surface area contributed by atoms with Gasteiger partial charge in [-0.1, -0.05) is 17.3 Å². The van der Waals surface area contributed by atoms with Gasteiger partial charge >= 0.3 is 12.1 Å². The maximum absolute atomic E-state index is 13.7. The van der Waals surface area contributed by atoms with Crippen molar-refractivity contribution in [3.8, 4) is 17.0 Å². The fourth-order valence-electron chi connectivity index (χ4n) is 5.89. The van der Waals surface area contributed by atoms with Gasteiger partial charge in [-0.25, -0.2) is 14.8 Å². The number of aromatic carboxylic acids is 1. The van der Waals surface area contributed by atoms with Gasteiger partial charge in [-0.05, 0) is 54.9 Å². The van der Waals surface area contributed by atoms with E-state index < -0.39 is 17.8 Å². The van der Waals surface area contributed by atoms with Gasteiger partial charge in [-0.15, -0.1) is 0 Å². The number of hydrogen-bond donors (Lipinski definition) is 1. The summed E-state index contributed by atoms with van der Waals surface area (Å²) in [5.74, 6) is 1.82. The second-order valence-corrected chi connectivity index (χ2v) is 10.7. The van der Waals surface area contributed by atoms with Crippen molar-refractivity contribution in [3.63, 3.8) is 0 Å². The molecule has 3 fully saturated rings. The van der Waals surface area contributed by atoms with E-state index in [4.69, 9.17) is 14.2 Å². The second kappa shape index (κ2) is 9.28. The predicted molar refractivity (Wildman–Crippen MR) is 141 cm³/mol. The molecule has 2 atom stereocenters. The number of ether oxygens (including phenoxy) is 1. The van der Waals surface area contributed by atoms with E-state index in [2.05, 4.69) is 26.1 Å². The van der Waals surface area contributed by atoms with E-state index in [0.717, 1.165) is 37.9 Å². The molecule has 0 amide bonds. The van der Waals surface area contributed by atoms with Crippen LogP contribution in [0.3, 0.4) is 0 Å². The van der Waals surface area contributed by atoms with Crippen LogP contribution in [0.2, 0.25) is 0 Å². The molecule has 2 aliphatic carbocycles. The van der Waals surface area contributed by atoms with Gasteiger partial charge in [0.1, 0.15) is 28.5 Å². The number of aromatic nitrogens is 4. The zero-order chi connectivity index (χ0) is 28.5. The van der Waals surface area contributed by atoms with Crippen LogP contribution in [0.25, 0.3) is 28.4 Å². The highest BCUT2D eigenvalue weighted by molar-refractivity contribution is 5.92. The molecule has 0 radical (unpaired) electrons. The maximum atomic E-state index is 13.7. The Balaban J connectivity index is 1.11. The highest BCUT2D eigenvalue weighted by Gasteiger charge is 2.54. The molecule has 0 spiro atoms. The summed E-state index contributed by atoms with van der Waals surface area (Å²) in [6, 6.07) is 7.79. The first-order valence-electron chi connectivity index (χ1n) is 13.3. The van der Waals surface area contributed by atoms with Crippen molar-refractivity contribution < 1.29 is 32.3 Å². The Morgan fingerprint density at radius 3 is 2.63 bits per heavy atom. The number of rotatable bonds is 7. The van der Waals surface area contributed by atoms with Gasteiger partial charge in [0.25, 0.3) is 0 Å². The largest absolute Gasteiger partial charge is 0.494 e. The van der Waals surface area contributed by atoms with Crippen LogP contribution in [-0.2, 0) is 6.18 Å². The molecule has 5 heterocycles. The second-order valence-electron chi connectivity index (χ2n) is 10.7. The number of carboxylic acid groups (broad SMARTS) is 1. The third kappa shape index (κ3) is 4.47. The number of nitrogens with zero attached hydrogens (tertiary/aromatic N) is 5. The highest BCUT2D eigenvalue weighted by Crippen LogP contribution is 2.54. The highest BCUT2D eigenvalue weighted by atomic mass is 19.4. The van der Waals surface area contributed by atoms with Gasteiger partial charge in [-0.3, -0.25) is 4.98 Å². The molecular weight excluding hydrogens is 539 g/mol. The Bertz CT molecular complexity index is 1700. The average Bonchev–Trinajstić information content (AvgIpc) is 3.82. The fraction of sp³-hybridized carbons (Fsp3) is 0.345. The third-order valence-electron chi connectivity index (χ3n) is 8.15. The summed E-state index contributed by atoms with van der Waals surface area (Å²) >= 11 is 0. The summed E-state index contributed by atoms with van der Waals surface area (Å²) in [6.07, 6.45) is 2.33. The molecule has 210 valence electrons. The van der Waals surface area contributed by atoms with E-state index in [1.807, 2.05) is 12.1 Å². The number of hydrogen-bond acceptors (Lipinski definition) is 8. The SMILES string of the molecule is COc1cc(C(=O)O)nc2ccc(N3CC4C(/C=C/c5c(-c6cccnc6C(F)(F)F)noc5C5CC5)C4C3)nc12. The molecule has 2 unspecified atom stereocenters. The number of anilines is 1. The molecule has 4 aromatic heterocycles. The number of piperidine rings is 1. The first-order chi connectivity index (χ1) is 19.7. The number of carboxylic acids is 1. The maximum Gasteiger partial charge on any atom is 0.434 e. The van der Waals surface area contributed by atoms with E-state index in [-0.39, 0.29) is 28.8 Å². The van der Waals surface area contributed by atoms with Crippen molar-refractivity contribution in [3.05, 3.63) is 65.3 Å². The molecule has 0 aromatic carbocycles. The number of carbonyl (C=O) groups is 1. The van der Waals surface area contributed by atoms with Crippen LogP contribution in [0, 0.1) is 17.8 Å². The van der Waals surface area contributed by atoms with Gasteiger partial charge in [0.15, 0.2) is 11.4 Å². The van der Waals surface area contributed by atoms with Crippen LogP contribution < -0.4 is 9.64 Å². The molecule has 3 aliphatic rings. The lowest BCUT2D eigenvalue weighted by molar-refractivity contribution is -0.140. The fourth-order valence-corrected chi connectivity index (χ4v) is 5.89. The lowest BCUT2D eigenvalue weighted by atomic mass is 10.0. The normalized spacial score (nSPS) is 22.0. The number of alkyl halides is 3. The minimum Gasteiger partial charge on any atom is -0.494 e. The molecule has 9 nitrogen and oxygen atoms in total. The Morgan fingerprint density at radius 1 is 1.17 bits per heavy atom. The third-order valence-corrected chi connectivity index (χ3v) is 8.15. The molecule has 1 saturated heterocycles. The van der Waals surface area contributed by atoms with Crippen LogP contribution >= 0.6 is 0 Å². The number of methoxy groups -OCH3 is 1. The van der Waals surface area contributed by atoms with Crippen molar-refractivity contribution in [2.75, 3.05) is 25.1 Å². The Morgan fingerprint density at radius 2 is 1.95 bits per heavy atom. The van der Waals surface area contributed by atoms with Gasteiger partial charge in [0.05, 0.1) is 12.6 Å². The smallest absolute Gasteiger partial charge is 0.434 e. The van der Waals surface area contributed by atoms with Gasteiger partial charge in [-0.2, -0.15) is 13.2 Å². The molecule has 2 saturated carbocycles. The van der Waals surface area contributed by atoms with Crippen LogP contribution in [0.15, 0.2) is 47.1 Å². The van der Waals surface area contributed by atoms with Crippen molar-refractivity contribution in [2.45, 2.75) is 24.9 Å². The van der Waals surface area contributed by atoms with Crippen LogP contribution in [0.4, 0.5) is 19.0 Å². The Hall–Kier alpha value is -4.48. The van der Waals surface area contributed by atoms with E-state index in [1.54, 1.807) is 6.07 Å². The summed E-state index contributed by atoms with van der Waals surface area (Å²) in [4.78, 5) is 26.0. The molecular formula is C29H24F3N5O4. The van der Waals surface area contributed by atoms with Crippen molar-refractivity contribution >= 4 is 28.9 Å². The quantitative estimate of drug-likeness (QED) is 0.303. The van der Waals surface area contributed by atoms with Crippen LogP contribution in [-0.4, -0.2) is 51.4 Å². The number of allylic oxidation sites excluding steroid dienone is 1. The zero-order valence-corrected chi connectivity index (χ0v) is 21.8. The van der Waals surface area contributed by atoms with E-state index in [0.29, 0.717) is 39.9 Å². The van der Waals surface area contributed by atoms with Crippen molar-refractivity contribution in [1.82, 2.24) is 20.1 Å². The predicted octanol–water partition coefficient (Wildman–Crippen LogP) is 5.68. The van der Waals surface area contributed by atoms with Crippen molar-refractivity contribution in [2.24, 2.45) is 17.8 Å². The lowest BCUT2D eigenvalue weighted by Crippen LogP contribution is -2.24. The van der Waals surface area contributed by atoms with E-state index in [1.165, 1.54) is 25.3 Å². The van der Waals surface area contributed by atoms with Crippen LogP contribution in [0.5, 0.6) is 5.75 Å². The van der Waals surface area contributed by atoms with Gasteiger partial charge < -0.3 is 19.3 Å². The van der Waals surface area contributed by atoms with Gasteiger partial charge in [0.2, 0.25) is 0 Å². The first-order valence-corrected chi connectivity index (χ1v) is 13.3. The molecule has 1 N–H and O–H groups in total. The number of fused-ring (bicyclic) bond motifs is 2. The summed E-state index contributed by atoms with van der Waals surface area (Å²) in [6.45, 7) is 1.54. The summed E-state index contributed by atoms with van der Waals surface area (Å²) in [5, 5.41) is 13.4. The topological polar surface area (TPSA) is 114 Å². The molecule has 41 heavy (non-hydrogen) atoms. The molecule has 4 aromatic rings. The van der Waals surface area contributed by atoms with E-state index >= 15 is 0 Å². The van der Waals surface area contributed by atoms with Crippen LogP contribution in [0.1, 0.15) is 46.3 Å². The standard InChI is InChI=1S/C29H24F3N5O4/c1-40-22-11-21(28(38)39)34-20-8-9-23(35-25(20)22)37-12-18-15(19(18)13-37)6-7-16-24(36-41-26(16)14-4-5-14)17-3-2-10-33-27(17)29(30,31)32/h2-3,6-11,14-15,18-19H,4-5,12-13H2,1H3,(H,38,39)/b7-6+. The van der Waals surface area contributed by atoms with Gasteiger partial charge in [0, 0.05) is 42.4 Å². The summed E-state index contributed by atoms with van der Waals surface area (Å²) in [5.41, 5.74) is 0.537. The van der Waals surface area contributed by atoms with E-state index in [9.17, 15) is 23.1 Å². The molecule has 0 bridgehead atoms. The molecule has 7 rings (SSSR count). The summed E-state index contributed by atoms with van der Waals surface area (Å²) in [7, 11) is 1.46.